The van der Waals surface area contributed by atoms with E-state index in [9.17, 15) is 18.0 Å². The Kier molecular flexibility index (Phi) is 7.01. The smallest absolute Gasteiger partial charge is 0.245 e. The first kappa shape index (κ1) is 24.3. The Balaban J connectivity index is 1.64. The van der Waals surface area contributed by atoms with Crippen molar-refractivity contribution in [1.29, 1.82) is 0 Å². The molecule has 1 aliphatic rings. The number of hydrogen-bond acceptors (Lipinski definition) is 8. The predicted molar refractivity (Wildman–Crippen MR) is 129 cm³/mol. The van der Waals surface area contributed by atoms with Crippen LogP contribution in [0.1, 0.15) is 28.8 Å². The van der Waals surface area contributed by atoms with Crippen LogP contribution in [0.3, 0.4) is 0 Å². The Labute approximate surface area is 201 Å². The number of methoxy groups -OCH3 is 1. The molecule has 10 nitrogen and oxygen atoms in total. The van der Waals surface area contributed by atoms with Gasteiger partial charge in [-0.1, -0.05) is 6.07 Å². The highest BCUT2D eigenvalue weighted by Gasteiger charge is 2.37. The lowest BCUT2D eigenvalue weighted by Crippen LogP contribution is -2.41. The third kappa shape index (κ3) is 5.45. The van der Waals surface area contributed by atoms with Crippen molar-refractivity contribution in [2.45, 2.75) is 31.1 Å². The zero-order valence-corrected chi connectivity index (χ0v) is 20.8. The number of aryl methyl sites for hydroxylation is 2. The fourth-order valence-electron chi connectivity index (χ4n) is 3.61. The molecule has 0 aliphatic heterocycles. The SMILES string of the molecule is COCCS(=O)(=O)C(C(=O)NCC(=O)NC1CC1)c1nc2ccc(-c3cc(C)nn3C)cc2s1. The van der Waals surface area contributed by atoms with Crippen LogP contribution in [-0.4, -0.2) is 67.1 Å². The van der Waals surface area contributed by atoms with Crippen molar-refractivity contribution in [2.24, 2.45) is 7.05 Å². The molecule has 1 fully saturated rings. The molecule has 2 N–H and O–H groups in total. The number of aromatic nitrogens is 3. The molecule has 2 heterocycles. The molecule has 1 unspecified atom stereocenters. The highest BCUT2D eigenvalue weighted by molar-refractivity contribution is 7.92. The standard InChI is InChI=1S/C22H27N5O5S2/c1-13-10-17(27(2)26-13)14-4-7-16-18(11-14)33-22(25-16)20(34(30,31)9-8-32-3)21(29)23-12-19(28)24-15-5-6-15/h4,7,10-11,15,20H,5-6,8-9,12H2,1-3H3,(H,23,29)(H,24,28). The van der Waals surface area contributed by atoms with E-state index in [1.807, 2.05) is 32.2 Å². The van der Waals surface area contributed by atoms with Gasteiger partial charge in [0.2, 0.25) is 11.8 Å². The number of ether oxygens (including phenoxy) is 1. The molecule has 2 amide bonds. The van der Waals surface area contributed by atoms with Crippen molar-refractivity contribution in [3.05, 3.63) is 35.0 Å². The summed E-state index contributed by atoms with van der Waals surface area (Å²) in [5.74, 6) is -1.46. The zero-order chi connectivity index (χ0) is 24.5. The topological polar surface area (TPSA) is 132 Å². The average molecular weight is 506 g/mol. The van der Waals surface area contributed by atoms with Gasteiger partial charge in [-0.2, -0.15) is 5.10 Å². The second-order valence-corrected chi connectivity index (χ2v) is 11.6. The summed E-state index contributed by atoms with van der Waals surface area (Å²) in [6.45, 7) is 1.56. The van der Waals surface area contributed by atoms with Crippen molar-refractivity contribution in [3.63, 3.8) is 0 Å². The van der Waals surface area contributed by atoms with E-state index >= 15 is 0 Å². The van der Waals surface area contributed by atoms with Crippen molar-refractivity contribution in [3.8, 4) is 11.3 Å². The molecule has 0 saturated heterocycles. The highest BCUT2D eigenvalue weighted by Crippen LogP contribution is 2.34. The van der Waals surface area contributed by atoms with Gasteiger partial charge < -0.3 is 15.4 Å². The molecule has 182 valence electrons. The van der Waals surface area contributed by atoms with E-state index in [0.717, 1.165) is 45.8 Å². The molecule has 4 rings (SSSR count). The summed E-state index contributed by atoms with van der Waals surface area (Å²) in [4.78, 5) is 29.5. The summed E-state index contributed by atoms with van der Waals surface area (Å²) in [6, 6.07) is 7.70. The Bertz CT molecular complexity index is 1330. The Hall–Kier alpha value is -2.83. The van der Waals surface area contributed by atoms with E-state index in [1.165, 1.54) is 7.11 Å². The Morgan fingerprint density at radius 2 is 2.06 bits per heavy atom. The number of amides is 2. The molecule has 0 spiro atoms. The number of hydrogen-bond donors (Lipinski definition) is 2. The summed E-state index contributed by atoms with van der Waals surface area (Å²) < 4.78 is 33.6. The molecule has 1 saturated carbocycles. The van der Waals surface area contributed by atoms with E-state index in [2.05, 4.69) is 20.7 Å². The summed E-state index contributed by atoms with van der Waals surface area (Å²) in [7, 11) is -0.695. The number of nitrogens with one attached hydrogen (secondary N) is 2. The van der Waals surface area contributed by atoms with Crippen LogP contribution in [0.25, 0.3) is 21.5 Å². The third-order valence-corrected chi connectivity index (χ3v) is 8.59. The van der Waals surface area contributed by atoms with Crippen molar-refractivity contribution in [1.82, 2.24) is 25.4 Å². The van der Waals surface area contributed by atoms with Crippen molar-refractivity contribution >= 4 is 43.2 Å². The number of sulfone groups is 1. The number of fused-ring (bicyclic) bond motifs is 1. The van der Waals surface area contributed by atoms with E-state index in [1.54, 1.807) is 10.7 Å². The maximum atomic E-state index is 13.1. The van der Waals surface area contributed by atoms with Gasteiger partial charge in [-0.15, -0.1) is 11.3 Å². The quantitative estimate of drug-likeness (QED) is 0.427. The molecule has 1 atom stereocenters. The minimum absolute atomic E-state index is 0.0524. The fourth-order valence-corrected chi connectivity index (χ4v) is 6.58. The second kappa shape index (κ2) is 9.80. The van der Waals surface area contributed by atoms with Gasteiger partial charge in [0.15, 0.2) is 15.1 Å². The molecule has 2 aromatic heterocycles. The first-order valence-corrected chi connectivity index (χ1v) is 13.4. The number of carbonyl (C=O) groups is 2. The van der Waals surface area contributed by atoms with E-state index < -0.39 is 21.0 Å². The van der Waals surface area contributed by atoms with Gasteiger partial charge in [0.05, 0.1) is 40.5 Å². The van der Waals surface area contributed by atoms with Crippen LogP contribution in [0.15, 0.2) is 24.3 Å². The van der Waals surface area contributed by atoms with Crippen LogP contribution in [0.2, 0.25) is 0 Å². The lowest BCUT2D eigenvalue weighted by atomic mass is 10.1. The largest absolute Gasteiger partial charge is 0.384 e. The van der Waals surface area contributed by atoms with Crippen LogP contribution in [0, 0.1) is 6.92 Å². The van der Waals surface area contributed by atoms with Gasteiger partial charge in [0.1, 0.15) is 5.01 Å². The summed E-state index contributed by atoms with van der Waals surface area (Å²) in [5.41, 5.74) is 3.30. The molecule has 3 aromatic rings. The Morgan fingerprint density at radius 1 is 1.29 bits per heavy atom. The van der Waals surface area contributed by atoms with Gasteiger partial charge in [-0.3, -0.25) is 14.3 Å². The third-order valence-electron chi connectivity index (χ3n) is 5.46. The highest BCUT2D eigenvalue weighted by atomic mass is 32.2. The fraction of sp³-hybridized carbons (Fsp3) is 0.455. The molecular weight excluding hydrogens is 478 g/mol. The maximum absolute atomic E-state index is 13.1. The second-order valence-electron chi connectivity index (χ2n) is 8.33. The van der Waals surface area contributed by atoms with E-state index in [4.69, 9.17) is 4.74 Å². The van der Waals surface area contributed by atoms with Crippen LogP contribution < -0.4 is 10.6 Å². The number of nitrogens with zero attached hydrogens (tertiary/aromatic N) is 3. The number of carbonyl (C=O) groups excluding carboxylic acids is 2. The zero-order valence-electron chi connectivity index (χ0n) is 19.2. The summed E-state index contributed by atoms with van der Waals surface area (Å²) in [6.07, 6.45) is 1.83. The Morgan fingerprint density at radius 3 is 2.71 bits per heavy atom. The average Bonchev–Trinajstić information content (AvgIpc) is 3.39. The molecule has 12 heteroatoms. The lowest BCUT2D eigenvalue weighted by Gasteiger charge is -2.15. The normalized spacial score (nSPS) is 14.8. The summed E-state index contributed by atoms with van der Waals surface area (Å²) in [5, 5.41) is 8.23. The van der Waals surface area contributed by atoms with Crippen LogP contribution >= 0.6 is 11.3 Å². The summed E-state index contributed by atoms with van der Waals surface area (Å²) >= 11 is 1.15. The predicted octanol–water partition coefficient (Wildman–Crippen LogP) is 1.50. The minimum Gasteiger partial charge on any atom is -0.384 e. The lowest BCUT2D eigenvalue weighted by molar-refractivity contribution is -0.126. The minimum atomic E-state index is -3.94. The first-order chi connectivity index (χ1) is 16.2. The van der Waals surface area contributed by atoms with Gasteiger partial charge in [-0.05, 0) is 38.0 Å². The van der Waals surface area contributed by atoms with Crippen LogP contribution in [0.4, 0.5) is 0 Å². The van der Waals surface area contributed by atoms with E-state index in [0.29, 0.717) is 5.52 Å². The van der Waals surface area contributed by atoms with Gasteiger partial charge in [0.25, 0.3) is 0 Å². The molecule has 1 aliphatic carbocycles. The van der Waals surface area contributed by atoms with E-state index in [-0.39, 0.29) is 35.9 Å². The first-order valence-electron chi connectivity index (χ1n) is 10.9. The van der Waals surface area contributed by atoms with Gasteiger partial charge >= 0.3 is 0 Å². The molecule has 1 aromatic carbocycles. The van der Waals surface area contributed by atoms with Crippen molar-refractivity contribution < 1.29 is 22.7 Å². The number of thiazole rings is 1. The van der Waals surface area contributed by atoms with Gasteiger partial charge in [0, 0.05) is 25.8 Å². The van der Waals surface area contributed by atoms with Gasteiger partial charge in [-0.25, -0.2) is 13.4 Å². The number of rotatable bonds is 10. The molecule has 0 radical (unpaired) electrons. The van der Waals surface area contributed by atoms with Crippen LogP contribution in [0.5, 0.6) is 0 Å². The molecular formula is C22H27N5O5S2. The maximum Gasteiger partial charge on any atom is 0.245 e. The van der Waals surface area contributed by atoms with Crippen molar-refractivity contribution in [2.75, 3.05) is 26.0 Å². The molecule has 34 heavy (non-hydrogen) atoms. The number of benzene rings is 1. The molecule has 0 bridgehead atoms. The monoisotopic (exact) mass is 505 g/mol. The van der Waals surface area contributed by atoms with Crippen LogP contribution in [-0.2, 0) is 31.2 Å².